The maximum atomic E-state index is 11.6. The van der Waals surface area contributed by atoms with Crippen LogP contribution in [0.25, 0.3) is 11.4 Å². The van der Waals surface area contributed by atoms with Crippen molar-refractivity contribution in [1.82, 2.24) is 10.1 Å². The summed E-state index contributed by atoms with van der Waals surface area (Å²) in [6.45, 7) is 2.04. The summed E-state index contributed by atoms with van der Waals surface area (Å²) < 4.78 is 12.0. The molecule has 1 aromatic heterocycles. The molecule has 3 rings (SSSR count). The highest BCUT2D eigenvalue weighted by atomic mass is 79.9. The van der Waals surface area contributed by atoms with Crippen LogP contribution in [0.2, 0.25) is 0 Å². The van der Waals surface area contributed by atoms with Crippen LogP contribution in [0.1, 0.15) is 23.2 Å². The number of benzene rings is 2. The Morgan fingerprint density at radius 1 is 1.23 bits per heavy atom. The van der Waals surface area contributed by atoms with Gasteiger partial charge in [0, 0.05) is 15.8 Å². The Balaban J connectivity index is 1.47. The van der Waals surface area contributed by atoms with Crippen LogP contribution >= 0.6 is 27.7 Å². The van der Waals surface area contributed by atoms with Gasteiger partial charge in [-0.1, -0.05) is 45.4 Å². The molecule has 26 heavy (non-hydrogen) atoms. The van der Waals surface area contributed by atoms with Crippen LogP contribution in [0.3, 0.4) is 0 Å². The van der Waals surface area contributed by atoms with Crippen LogP contribution in [-0.4, -0.2) is 28.3 Å². The molecular weight excluding hydrogens is 416 g/mol. The molecule has 1 heterocycles. The highest BCUT2D eigenvalue weighted by molar-refractivity contribution is 9.10. The minimum Gasteiger partial charge on any atom is -0.492 e. The molecule has 7 heteroatoms. The molecule has 0 bridgehead atoms. The summed E-state index contributed by atoms with van der Waals surface area (Å²) in [6, 6.07) is 15.0. The van der Waals surface area contributed by atoms with Gasteiger partial charge in [0.15, 0.2) is 5.78 Å². The number of hydrogen-bond donors (Lipinski definition) is 0. The summed E-state index contributed by atoms with van der Waals surface area (Å²) in [5, 5.41) is 4.02. The van der Waals surface area contributed by atoms with E-state index >= 15 is 0 Å². The molecule has 0 aliphatic heterocycles. The number of ether oxygens (including phenoxy) is 1. The first-order valence-corrected chi connectivity index (χ1v) is 9.97. The number of hydrogen-bond acceptors (Lipinski definition) is 6. The number of halogens is 1. The molecule has 0 atom stereocenters. The highest BCUT2D eigenvalue weighted by Crippen LogP contribution is 2.22. The number of para-hydroxylation sites is 1. The third-order valence-electron chi connectivity index (χ3n) is 3.53. The normalized spacial score (nSPS) is 10.7. The maximum Gasteiger partial charge on any atom is 0.236 e. The Bertz CT molecular complexity index is 898. The predicted molar refractivity (Wildman–Crippen MR) is 106 cm³/mol. The molecule has 0 aliphatic rings. The lowest BCUT2D eigenvalue weighted by Gasteiger charge is -2.08. The summed E-state index contributed by atoms with van der Waals surface area (Å²) in [5.41, 5.74) is 1.51. The molecule has 0 amide bonds. The highest BCUT2D eigenvalue weighted by Gasteiger charge is 2.10. The number of rotatable bonds is 8. The van der Waals surface area contributed by atoms with Crippen molar-refractivity contribution >= 4 is 33.5 Å². The lowest BCUT2D eigenvalue weighted by molar-refractivity contribution is 0.101. The van der Waals surface area contributed by atoms with E-state index in [1.807, 2.05) is 42.5 Å². The molecule has 0 saturated heterocycles. The van der Waals surface area contributed by atoms with E-state index in [0.717, 1.165) is 15.8 Å². The number of ketones is 1. The first-order chi connectivity index (χ1) is 12.6. The van der Waals surface area contributed by atoms with Crippen molar-refractivity contribution in [2.45, 2.75) is 12.7 Å². The Morgan fingerprint density at radius 3 is 2.88 bits per heavy atom. The zero-order valence-corrected chi connectivity index (χ0v) is 16.5. The summed E-state index contributed by atoms with van der Waals surface area (Å²) >= 11 is 5.07. The number of carbonyl (C=O) groups is 1. The molecule has 0 aliphatic carbocycles. The van der Waals surface area contributed by atoms with E-state index in [4.69, 9.17) is 9.26 Å². The fourth-order valence-electron chi connectivity index (χ4n) is 2.31. The van der Waals surface area contributed by atoms with Gasteiger partial charge in [-0.3, -0.25) is 4.79 Å². The van der Waals surface area contributed by atoms with E-state index in [1.165, 1.54) is 6.92 Å². The molecule has 0 radical (unpaired) electrons. The lowest BCUT2D eigenvalue weighted by atomic mass is 10.1. The van der Waals surface area contributed by atoms with Gasteiger partial charge in [0.05, 0.1) is 17.9 Å². The third kappa shape index (κ3) is 4.95. The van der Waals surface area contributed by atoms with Crippen molar-refractivity contribution in [3.8, 4) is 17.1 Å². The summed E-state index contributed by atoms with van der Waals surface area (Å²) in [6.07, 6.45) is 0. The maximum absolute atomic E-state index is 11.6. The van der Waals surface area contributed by atoms with Crippen LogP contribution in [0.5, 0.6) is 5.75 Å². The van der Waals surface area contributed by atoms with Crippen molar-refractivity contribution in [3.63, 3.8) is 0 Å². The second-order valence-electron chi connectivity index (χ2n) is 5.48. The molecular formula is C19H17BrN2O3S. The average Bonchev–Trinajstić information content (AvgIpc) is 3.11. The number of nitrogens with zero attached hydrogens (tertiary/aromatic N) is 2. The fraction of sp³-hybridized carbons (Fsp3) is 0.211. The molecule has 134 valence electrons. The second kappa shape index (κ2) is 9.00. The molecule has 0 fully saturated rings. The Labute approximate surface area is 164 Å². The third-order valence-corrected chi connectivity index (χ3v) is 4.93. The van der Waals surface area contributed by atoms with Gasteiger partial charge in [-0.25, -0.2) is 0 Å². The average molecular weight is 433 g/mol. The monoisotopic (exact) mass is 432 g/mol. The van der Waals surface area contributed by atoms with Crippen molar-refractivity contribution in [2.75, 3.05) is 12.4 Å². The molecule has 2 aromatic carbocycles. The topological polar surface area (TPSA) is 65.2 Å². The smallest absolute Gasteiger partial charge is 0.236 e. The summed E-state index contributed by atoms with van der Waals surface area (Å²) in [5.74, 6) is 3.14. The van der Waals surface area contributed by atoms with E-state index in [9.17, 15) is 4.79 Å². The van der Waals surface area contributed by atoms with Gasteiger partial charge in [-0.15, -0.1) is 11.8 Å². The largest absolute Gasteiger partial charge is 0.492 e. The quantitative estimate of drug-likeness (QED) is 0.368. The zero-order chi connectivity index (χ0) is 18.4. The number of carbonyl (C=O) groups excluding carboxylic acids is 1. The van der Waals surface area contributed by atoms with Gasteiger partial charge in [-0.05, 0) is 31.2 Å². The van der Waals surface area contributed by atoms with Gasteiger partial charge in [0.2, 0.25) is 11.7 Å². The van der Waals surface area contributed by atoms with Gasteiger partial charge < -0.3 is 9.26 Å². The summed E-state index contributed by atoms with van der Waals surface area (Å²) in [4.78, 5) is 16.0. The second-order valence-corrected chi connectivity index (χ2v) is 7.50. The number of Topliss-reactive ketones (excluding diaryl/α,β-unsaturated/α-hetero) is 1. The van der Waals surface area contributed by atoms with Crippen LogP contribution in [-0.2, 0) is 5.75 Å². The van der Waals surface area contributed by atoms with E-state index in [-0.39, 0.29) is 5.78 Å². The number of aromatic nitrogens is 2. The standard InChI is InChI=1S/C19H17BrN2O3S/c1-13(23)16-7-2-3-8-17(16)24-9-10-26-12-18-21-19(22-25-18)14-5-4-6-15(20)11-14/h2-8,11H,9-10,12H2,1H3. The molecule has 5 nitrogen and oxygen atoms in total. The van der Waals surface area contributed by atoms with Crippen LogP contribution in [0.4, 0.5) is 0 Å². The summed E-state index contributed by atoms with van der Waals surface area (Å²) in [7, 11) is 0. The molecule has 0 N–H and O–H groups in total. The first-order valence-electron chi connectivity index (χ1n) is 8.02. The first kappa shape index (κ1) is 18.7. The number of thioether (sulfide) groups is 1. The van der Waals surface area contributed by atoms with Crippen molar-refractivity contribution in [1.29, 1.82) is 0 Å². The molecule has 3 aromatic rings. The predicted octanol–water partition coefficient (Wildman–Crippen LogP) is 5.01. The van der Waals surface area contributed by atoms with Gasteiger partial charge in [0.25, 0.3) is 0 Å². The van der Waals surface area contributed by atoms with E-state index in [0.29, 0.717) is 35.4 Å². The van der Waals surface area contributed by atoms with E-state index < -0.39 is 0 Å². The lowest BCUT2D eigenvalue weighted by Crippen LogP contribution is -2.04. The molecule has 0 spiro atoms. The van der Waals surface area contributed by atoms with Crippen LogP contribution in [0, 0.1) is 0 Å². The van der Waals surface area contributed by atoms with Gasteiger partial charge >= 0.3 is 0 Å². The van der Waals surface area contributed by atoms with E-state index in [2.05, 4.69) is 26.1 Å². The SMILES string of the molecule is CC(=O)c1ccccc1OCCSCc1nc(-c2cccc(Br)c2)no1. The molecule has 0 saturated carbocycles. The van der Waals surface area contributed by atoms with Crippen molar-refractivity contribution < 1.29 is 14.1 Å². The van der Waals surface area contributed by atoms with E-state index in [1.54, 1.807) is 17.8 Å². The Kier molecular flexibility index (Phi) is 6.46. The van der Waals surface area contributed by atoms with Gasteiger partial charge in [-0.2, -0.15) is 4.98 Å². The van der Waals surface area contributed by atoms with Crippen LogP contribution < -0.4 is 4.74 Å². The molecule has 0 unspecified atom stereocenters. The van der Waals surface area contributed by atoms with Crippen molar-refractivity contribution in [3.05, 3.63) is 64.5 Å². The fourth-order valence-corrected chi connectivity index (χ4v) is 3.35. The van der Waals surface area contributed by atoms with Gasteiger partial charge in [0.1, 0.15) is 5.75 Å². The Morgan fingerprint density at radius 2 is 2.08 bits per heavy atom. The van der Waals surface area contributed by atoms with Crippen molar-refractivity contribution in [2.24, 2.45) is 0 Å². The van der Waals surface area contributed by atoms with Crippen LogP contribution in [0.15, 0.2) is 57.5 Å². The minimum absolute atomic E-state index is 0.000749. The Hall–Kier alpha value is -2.12. The minimum atomic E-state index is -0.000749. The zero-order valence-electron chi connectivity index (χ0n) is 14.1.